The van der Waals surface area contributed by atoms with Crippen LogP contribution < -0.4 is 5.32 Å². The fourth-order valence-corrected chi connectivity index (χ4v) is 4.08. The van der Waals surface area contributed by atoms with Crippen LogP contribution in [0.3, 0.4) is 0 Å². The number of carbonyl (C=O) groups excluding carboxylic acids is 1. The number of carbonyl (C=O) groups is 1. The van der Waals surface area contributed by atoms with Gasteiger partial charge in [-0.25, -0.2) is 0 Å². The molecule has 3 aliphatic heterocycles. The molecule has 5 nitrogen and oxygen atoms in total. The van der Waals surface area contributed by atoms with Crippen molar-refractivity contribution in [3.63, 3.8) is 0 Å². The second-order valence-electron chi connectivity index (χ2n) is 7.40. The molecule has 0 aliphatic carbocycles. The molecule has 0 atom stereocenters. The molecule has 3 saturated heterocycles. The first-order valence-electron chi connectivity index (χ1n) is 9.13. The molecular weight excluding hydrogens is 276 g/mol. The van der Waals surface area contributed by atoms with Crippen LogP contribution in [-0.2, 0) is 4.79 Å². The van der Waals surface area contributed by atoms with E-state index in [-0.39, 0.29) is 5.92 Å². The minimum absolute atomic E-state index is 0.285. The fraction of sp³-hybridized carbons (Fsp3) is 0.941. The molecule has 5 heteroatoms. The molecule has 3 rings (SSSR count). The molecule has 126 valence electrons. The Balaban J connectivity index is 1.40. The predicted molar refractivity (Wildman–Crippen MR) is 88.8 cm³/mol. The quantitative estimate of drug-likeness (QED) is 0.823. The van der Waals surface area contributed by atoms with Crippen LogP contribution in [0.15, 0.2) is 0 Å². The average Bonchev–Trinajstić information content (AvgIpc) is 2.57. The first kappa shape index (κ1) is 16.2. The van der Waals surface area contributed by atoms with Crippen molar-refractivity contribution in [2.45, 2.75) is 25.7 Å². The van der Waals surface area contributed by atoms with Crippen molar-refractivity contribution < 1.29 is 4.79 Å². The molecule has 3 heterocycles. The molecule has 0 aromatic carbocycles. The van der Waals surface area contributed by atoms with Crippen LogP contribution in [0.2, 0.25) is 0 Å². The standard InChI is InChI=1S/C17H32N4O/c1-19-10-12-21(13-11-19)17(22)16-4-8-20(9-5-16)14-15-2-6-18-7-3-15/h15-16,18H,2-14H2,1H3. The molecule has 0 aromatic heterocycles. The van der Waals surface area contributed by atoms with E-state index in [0.29, 0.717) is 5.91 Å². The van der Waals surface area contributed by atoms with Crippen molar-refractivity contribution >= 4 is 5.91 Å². The van der Waals surface area contributed by atoms with Crippen LogP contribution in [0.25, 0.3) is 0 Å². The number of hydrogen-bond acceptors (Lipinski definition) is 4. The maximum Gasteiger partial charge on any atom is 0.225 e. The third kappa shape index (κ3) is 4.21. The van der Waals surface area contributed by atoms with Crippen molar-refractivity contribution in [1.29, 1.82) is 0 Å². The van der Waals surface area contributed by atoms with Crippen LogP contribution in [-0.4, -0.2) is 86.6 Å². The lowest BCUT2D eigenvalue weighted by Gasteiger charge is -2.38. The summed E-state index contributed by atoms with van der Waals surface area (Å²) in [6.07, 6.45) is 4.77. The Labute approximate surface area is 135 Å². The van der Waals surface area contributed by atoms with Crippen LogP contribution in [0.1, 0.15) is 25.7 Å². The molecule has 3 aliphatic rings. The van der Waals surface area contributed by atoms with Crippen LogP contribution in [0.4, 0.5) is 0 Å². The second kappa shape index (κ2) is 7.75. The maximum absolute atomic E-state index is 12.6. The first-order valence-corrected chi connectivity index (χ1v) is 9.13. The largest absolute Gasteiger partial charge is 0.340 e. The van der Waals surface area contributed by atoms with Gasteiger partial charge in [0.05, 0.1) is 0 Å². The van der Waals surface area contributed by atoms with Crippen molar-refractivity contribution in [3.8, 4) is 0 Å². The van der Waals surface area contributed by atoms with Crippen molar-refractivity contribution in [3.05, 3.63) is 0 Å². The van der Waals surface area contributed by atoms with Crippen LogP contribution in [0, 0.1) is 11.8 Å². The number of amides is 1. The number of nitrogens with one attached hydrogen (secondary N) is 1. The minimum Gasteiger partial charge on any atom is -0.340 e. The normalized spacial score (nSPS) is 27.2. The van der Waals surface area contributed by atoms with Gasteiger partial charge in [-0.2, -0.15) is 0 Å². The molecule has 0 aromatic rings. The average molecular weight is 308 g/mol. The van der Waals surface area contributed by atoms with Gasteiger partial charge < -0.3 is 20.0 Å². The summed E-state index contributed by atoms with van der Waals surface area (Å²) >= 11 is 0. The lowest BCUT2D eigenvalue weighted by atomic mass is 9.92. The lowest BCUT2D eigenvalue weighted by Crippen LogP contribution is -2.50. The highest BCUT2D eigenvalue weighted by Crippen LogP contribution is 2.22. The Morgan fingerprint density at radius 2 is 1.59 bits per heavy atom. The van der Waals surface area contributed by atoms with Gasteiger partial charge in [-0.1, -0.05) is 0 Å². The molecule has 1 N–H and O–H groups in total. The number of hydrogen-bond donors (Lipinski definition) is 1. The first-order chi connectivity index (χ1) is 10.7. The van der Waals surface area contributed by atoms with Gasteiger partial charge in [0, 0.05) is 38.6 Å². The van der Waals surface area contributed by atoms with Gasteiger partial charge in [0.25, 0.3) is 0 Å². The zero-order chi connectivity index (χ0) is 15.4. The Hall–Kier alpha value is -0.650. The third-order valence-corrected chi connectivity index (χ3v) is 5.73. The fourth-order valence-electron chi connectivity index (χ4n) is 4.08. The van der Waals surface area contributed by atoms with E-state index in [9.17, 15) is 4.79 Å². The predicted octanol–water partition coefficient (Wildman–Crippen LogP) is 0.472. The summed E-state index contributed by atoms with van der Waals surface area (Å²) in [7, 11) is 2.14. The van der Waals surface area contributed by atoms with E-state index in [1.807, 2.05) is 0 Å². The number of nitrogens with zero attached hydrogens (tertiary/aromatic N) is 3. The molecule has 0 radical (unpaired) electrons. The summed E-state index contributed by atoms with van der Waals surface area (Å²) in [6.45, 7) is 9.75. The van der Waals surface area contributed by atoms with Gasteiger partial charge in [-0.05, 0) is 64.8 Å². The van der Waals surface area contributed by atoms with E-state index in [4.69, 9.17) is 0 Å². The zero-order valence-corrected chi connectivity index (χ0v) is 14.1. The summed E-state index contributed by atoms with van der Waals surface area (Å²) < 4.78 is 0. The molecular formula is C17H32N4O. The number of likely N-dealkylation sites (N-methyl/N-ethyl adjacent to an activating group) is 1. The van der Waals surface area contributed by atoms with Gasteiger partial charge in [-0.15, -0.1) is 0 Å². The highest BCUT2D eigenvalue weighted by molar-refractivity contribution is 5.79. The summed E-state index contributed by atoms with van der Waals surface area (Å²) in [4.78, 5) is 19.7. The van der Waals surface area contributed by atoms with Gasteiger partial charge in [0.2, 0.25) is 5.91 Å². The Morgan fingerprint density at radius 1 is 0.955 bits per heavy atom. The van der Waals surface area contributed by atoms with Gasteiger partial charge in [0.1, 0.15) is 0 Å². The van der Waals surface area contributed by atoms with Crippen molar-refractivity contribution in [2.24, 2.45) is 11.8 Å². The molecule has 0 saturated carbocycles. The molecule has 3 fully saturated rings. The highest BCUT2D eigenvalue weighted by Gasteiger charge is 2.30. The Kier molecular flexibility index (Phi) is 5.71. The summed E-state index contributed by atoms with van der Waals surface area (Å²) in [5.41, 5.74) is 0. The van der Waals surface area contributed by atoms with Crippen LogP contribution >= 0.6 is 0 Å². The molecule has 0 unspecified atom stereocenters. The lowest BCUT2D eigenvalue weighted by molar-refractivity contribution is -0.138. The van der Waals surface area contributed by atoms with Gasteiger partial charge in [-0.3, -0.25) is 4.79 Å². The smallest absolute Gasteiger partial charge is 0.225 e. The monoisotopic (exact) mass is 308 g/mol. The SMILES string of the molecule is CN1CCN(C(=O)C2CCN(CC3CCNCC3)CC2)CC1. The number of likely N-dealkylation sites (tertiary alicyclic amines) is 1. The molecule has 0 spiro atoms. The minimum atomic E-state index is 0.285. The topological polar surface area (TPSA) is 38.8 Å². The number of rotatable bonds is 3. The summed E-state index contributed by atoms with van der Waals surface area (Å²) in [5, 5.41) is 3.44. The van der Waals surface area contributed by atoms with Crippen LogP contribution in [0.5, 0.6) is 0 Å². The summed E-state index contributed by atoms with van der Waals surface area (Å²) in [5.74, 6) is 1.58. The number of piperazine rings is 1. The van der Waals surface area contributed by atoms with E-state index < -0.39 is 0 Å². The maximum atomic E-state index is 12.6. The molecule has 22 heavy (non-hydrogen) atoms. The number of piperidine rings is 2. The summed E-state index contributed by atoms with van der Waals surface area (Å²) in [6, 6.07) is 0. The molecule has 0 bridgehead atoms. The van der Waals surface area contributed by atoms with E-state index in [2.05, 4.69) is 27.1 Å². The molecule has 1 amide bonds. The third-order valence-electron chi connectivity index (χ3n) is 5.73. The van der Waals surface area contributed by atoms with E-state index in [1.54, 1.807) is 0 Å². The Morgan fingerprint density at radius 3 is 2.23 bits per heavy atom. The van der Waals surface area contributed by atoms with Crippen molar-refractivity contribution in [1.82, 2.24) is 20.0 Å². The van der Waals surface area contributed by atoms with E-state index >= 15 is 0 Å². The highest BCUT2D eigenvalue weighted by atomic mass is 16.2. The zero-order valence-electron chi connectivity index (χ0n) is 14.1. The van der Waals surface area contributed by atoms with Gasteiger partial charge >= 0.3 is 0 Å². The van der Waals surface area contributed by atoms with E-state index in [1.165, 1.54) is 32.5 Å². The van der Waals surface area contributed by atoms with Crippen molar-refractivity contribution in [2.75, 3.05) is 66.0 Å². The Bertz CT molecular complexity index is 354. The van der Waals surface area contributed by atoms with E-state index in [0.717, 1.165) is 58.0 Å². The second-order valence-corrected chi connectivity index (χ2v) is 7.40. The van der Waals surface area contributed by atoms with Gasteiger partial charge in [0.15, 0.2) is 0 Å².